The van der Waals surface area contributed by atoms with E-state index in [0.29, 0.717) is 18.9 Å². The Balaban J connectivity index is 2.04. The highest BCUT2D eigenvalue weighted by Gasteiger charge is 2.30. The first kappa shape index (κ1) is 16.8. The molecule has 4 nitrogen and oxygen atoms in total. The van der Waals surface area contributed by atoms with Crippen molar-refractivity contribution in [3.8, 4) is 0 Å². The highest BCUT2D eigenvalue weighted by Crippen LogP contribution is 2.35. The predicted molar refractivity (Wildman–Crippen MR) is 98.9 cm³/mol. The van der Waals surface area contributed by atoms with Crippen LogP contribution in [0, 0.1) is 5.92 Å². The summed E-state index contributed by atoms with van der Waals surface area (Å²) in [7, 11) is 2.08. The van der Waals surface area contributed by atoms with E-state index < -0.39 is 0 Å². The van der Waals surface area contributed by atoms with Gasteiger partial charge in [-0.3, -0.25) is 10.1 Å². The number of hydrogen-bond donors (Lipinski definition) is 2. The van der Waals surface area contributed by atoms with Crippen LogP contribution in [0.4, 0.5) is 0 Å². The Morgan fingerprint density at radius 3 is 3.00 bits per heavy atom. The zero-order valence-corrected chi connectivity index (χ0v) is 14.8. The molecule has 1 aromatic carbocycles. The second kappa shape index (κ2) is 6.81. The Labute approximate surface area is 143 Å². The van der Waals surface area contributed by atoms with Crippen LogP contribution in [-0.2, 0) is 18.3 Å². The van der Waals surface area contributed by atoms with E-state index in [1.807, 2.05) is 0 Å². The molecule has 0 aliphatic carbocycles. The normalized spacial score (nSPS) is 20.2. The third-order valence-electron chi connectivity index (χ3n) is 4.77. The van der Waals surface area contributed by atoms with Gasteiger partial charge in [0.25, 0.3) is 0 Å². The van der Waals surface area contributed by atoms with Gasteiger partial charge in [0.15, 0.2) is 0 Å². The van der Waals surface area contributed by atoms with E-state index in [1.54, 1.807) is 6.08 Å². The van der Waals surface area contributed by atoms with Gasteiger partial charge in [-0.25, -0.2) is 0 Å². The third kappa shape index (κ3) is 3.11. The minimum absolute atomic E-state index is 0.0495. The SMILES string of the molecule is C=CCNC(=O)[C@@H]1Cc2cn(C)c3cccc(c23)[C@H](CC(C)C)N1. The standard InChI is InChI=1S/C20H27N3O/c1-5-9-21-20(24)17-11-14-12-23(4)18-8-6-7-15(19(14)18)16(22-17)10-13(2)3/h5-8,12-13,16-17,22H,1,9-11H2,2-4H3,(H,21,24)/t16-,17-/m0/s1. The monoisotopic (exact) mass is 325 g/mol. The van der Waals surface area contributed by atoms with Gasteiger partial charge in [-0.1, -0.05) is 32.1 Å². The van der Waals surface area contributed by atoms with E-state index in [0.717, 1.165) is 6.42 Å². The summed E-state index contributed by atoms with van der Waals surface area (Å²) in [5, 5.41) is 7.87. The van der Waals surface area contributed by atoms with Gasteiger partial charge >= 0.3 is 0 Å². The summed E-state index contributed by atoms with van der Waals surface area (Å²) in [5.74, 6) is 0.605. The maximum Gasteiger partial charge on any atom is 0.237 e. The van der Waals surface area contributed by atoms with Crippen molar-refractivity contribution in [2.75, 3.05) is 6.54 Å². The Morgan fingerprint density at radius 2 is 2.29 bits per heavy atom. The van der Waals surface area contributed by atoms with E-state index in [4.69, 9.17) is 0 Å². The van der Waals surface area contributed by atoms with Gasteiger partial charge < -0.3 is 9.88 Å². The summed E-state index contributed by atoms with van der Waals surface area (Å²) < 4.78 is 2.17. The summed E-state index contributed by atoms with van der Waals surface area (Å²) in [5.41, 5.74) is 3.81. The van der Waals surface area contributed by atoms with Crippen molar-refractivity contribution in [1.29, 1.82) is 0 Å². The molecular weight excluding hydrogens is 298 g/mol. The highest BCUT2D eigenvalue weighted by atomic mass is 16.2. The van der Waals surface area contributed by atoms with Crippen molar-refractivity contribution in [1.82, 2.24) is 15.2 Å². The summed E-state index contributed by atoms with van der Waals surface area (Å²) in [6.07, 6.45) is 5.61. The molecule has 2 atom stereocenters. The number of nitrogens with zero attached hydrogens (tertiary/aromatic N) is 1. The number of rotatable bonds is 5. The van der Waals surface area contributed by atoms with Crippen LogP contribution >= 0.6 is 0 Å². The van der Waals surface area contributed by atoms with Gasteiger partial charge in [0.2, 0.25) is 5.91 Å². The number of benzene rings is 1. The number of aromatic nitrogens is 1. The van der Waals surface area contributed by atoms with E-state index >= 15 is 0 Å². The van der Waals surface area contributed by atoms with E-state index in [9.17, 15) is 4.79 Å². The fourth-order valence-electron chi connectivity index (χ4n) is 3.76. The number of aryl methyl sites for hydroxylation is 1. The Hall–Kier alpha value is -2.07. The molecule has 0 bridgehead atoms. The van der Waals surface area contributed by atoms with Crippen molar-refractivity contribution in [3.63, 3.8) is 0 Å². The Bertz CT molecular complexity index is 760. The Morgan fingerprint density at radius 1 is 1.50 bits per heavy atom. The third-order valence-corrected chi connectivity index (χ3v) is 4.77. The number of amides is 1. The first-order valence-electron chi connectivity index (χ1n) is 8.72. The fourth-order valence-corrected chi connectivity index (χ4v) is 3.76. The molecular formula is C20H27N3O. The van der Waals surface area contributed by atoms with Gasteiger partial charge in [0.1, 0.15) is 0 Å². The smallest absolute Gasteiger partial charge is 0.237 e. The minimum atomic E-state index is -0.216. The second-order valence-electron chi connectivity index (χ2n) is 7.15. The molecule has 1 aliphatic rings. The fraction of sp³-hybridized carbons (Fsp3) is 0.450. The lowest BCUT2D eigenvalue weighted by molar-refractivity contribution is -0.123. The molecule has 0 fully saturated rings. The molecule has 0 radical (unpaired) electrons. The molecule has 0 unspecified atom stereocenters. The Kier molecular flexibility index (Phi) is 4.76. The molecule has 1 aromatic heterocycles. The first-order chi connectivity index (χ1) is 11.5. The molecule has 1 amide bonds. The molecule has 2 aromatic rings. The molecule has 1 aliphatic heterocycles. The lowest BCUT2D eigenvalue weighted by Crippen LogP contribution is -2.46. The van der Waals surface area contributed by atoms with Crippen LogP contribution in [0.5, 0.6) is 0 Å². The summed E-state index contributed by atoms with van der Waals surface area (Å²) >= 11 is 0. The molecule has 2 N–H and O–H groups in total. The van der Waals surface area contributed by atoms with Gasteiger partial charge in [-0.05, 0) is 36.0 Å². The van der Waals surface area contributed by atoms with Gasteiger partial charge in [-0.2, -0.15) is 0 Å². The van der Waals surface area contributed by atoms with Crippen LogP contribution in [-0.4, -0.2) is 23.1 Å². The van der Waals surface area contributed by atoms with E-state index in [1.165, 1.54) is 22.0 Å². The molecule has 2 heterocycles. The molecule has 24 heavy (non-hydrogen) atoms. The molecule has 0 spiro atoms. The number of hydrogen-bond acceptors (Lipinski definition) is 2. The van der Waals surface area contributed by atoms with E-state index in [2.05, 4.69) is 67.1 Å². The van der Waals surface area contributed by atoms with Crippen molar-refractivity contribution in [2.24, 2.45) is 13.0 Å². The van der Waals surface area contributed by atoms with Crippen molar-refractivity contribution in [2.45, 2.75) is 38.8 Å². The maximum atomic E-state index is 12.6. The predicted octanol–water partition coefficient (Wildman–Crippen LogP) is 3.08. The van der Waals surface area contributed by atoms with Crippen LogP contribution < -0.4 is 10.6 Å². The zero-order valence-electron chi connectivity index (χ0n) is 14.8. The summed E-state index contributed by atoms with van der Waals surface area (Å²) in [4.78, 5) is 12.6. The van der Waals surface area contributed by atoms with Crippen molar-refractivity contribution >= 4 is 16.8 Å². The van der Waals surface area contributed by atoms with Gasteiger partial charge in [0.05, 0.1) is 6.04 Å². The number of carbonyl (C=O) groups excluding carboxylic acids is 1. The van der Waals surface area contributed by atoms with Crippen LogP contribution in [0.1, 0.15) is 37.4 Å². The molecule has 4 heteroatoms. The second-order valence-corrected chi connectivity index (χ2v) is 7.15. The number of carbonyl (C=O) groups is 1. The lowest BCUT2D eigenvalue weighted by Gasteiger charge is -2.25. The first-order valence-corrected chi connectivity index (χ1v) is 8.72. The molecule has 0 saturated heterocycles. The zero-order chi connectivity index (χ0) is 17.3. The molecule has 3 rings (SSSR count). The topological polar surface area (TPSA) is 46.1 Å². The average molecular weight is 325 g/mol. The van der Waals surface area contributed by atoms with Gasteiger partial charge in [-0.15, -0.1) is 6.58 Å². The van der Waals surface area contributed by atoms with E-state index in [-0.39, 0.29) is 18.0 Å². The lowest BCUT2D eigenvalue weighted by atomic mass is 9.94. The van der Waals surface area contributed by atoms with Crippen LogP contribution in [0.15, 0.2) is 37.1 Å². The van der Waals surface area contributed by atoms with Crippen LogP contribution in [0.3, 0.4) is 0 Å². The van der Waals surface area contributed by atoms with Crippen LogP contribution in [0.25, 0.3) is 10.9 Å². The van der Waals surface area contributed by atoms with Crippen LogP contribution in [0.2, 0.25) is 0 Å². The van der Waals surface area contributed by atoms with Crippen molar-refractivity contribution < 1.29 is 4.79 Å². The summed E-state index contributed by atoms with van der Waals surface area (Å²) in [6, 6.07) is 6.46. The molecule has 128 valence electrons. The average Bonchev–Trinajstić information content (AvgIpc) is 2.78. The van der Waals surface area contributed by atoms with Crippen molar-refractivity contribution in [3.05, 3.63) is 48.2 Å². The summed E-state index contributed by atoms with van der Waals surface area (Å²) in [6.45, 7) is 8.64. The maximum absolute atomic E-state index is 12.6. The quantitative estimate of drug-likeness (QED) is 0.830. The number of nitrogens with one attached hydrogen (secondary N) is 2. The largest absolute Gasteiger partial charge is 0.351 e. The minimum Gasteiger partial charge on any atom is -0.351 e. The van der Waals surface area contributed by atoms with Gasteiger partial charge in [0, 0.05) is 36.7 Å². The molecule has 0 saturated carbocycles. The highest BCUT2D eigenvalue weighted by molar-refractivity contribution is 5.90.